The number of carbonyl (C=O) groups is 2. The van der Waals surface area contributed by atoms with E-state index in [0.717, 1.165) is 39.2 Å². The molecule has 2 amide bonds. The number of para-hydroxylation sites is 1. The fraction of sp³-hybridized carbons (Fsp3) is 0.154. The van der Waals surface area contributed by atoms with Crippen LogP contribution in [0.25, 0.3) is 10.9 Å². The molecule has 0 saturated heterocycles. The van der Waals surface area contributed by atoms with Crippen LogP contribution >= 0.6 is 0 Å². The zero-order valence-electron chi connectivity index (χ0n) is 18.1. The summed E-state index contributed by atoms with van der Waals surface area (Å²) in [6.07, 6.45) is 0. The molecule has 1 aliphatic rings. The lowest BCUT2D eigenvalue weighted by Crippen LogP contribution is -2.29. The van der Waals surface area contributed by atoms with Gasteiger partial charge in [-0.15, -0.1) is 0 Å². The lowest BCUT2D eigenvalue weighted by atomic mass is 9.97. The Morgan fingerprint density at radius 1 is 0.969 bits per heavy atom. The highest BCUT2D eigenvalue weighted by molar-refractivity contribution is 6.15. The lowest BCUT2D eigenvalue weighted by molar-refractivity contribution is -0.114. The molecular formula is C26H23N3O3. The van der Waals surface area contributed by atoms with Gasteiger partial charge in [-0.25, -0.2) is 0 Å². The van der Waals surface area contributed by atoms with Gasteiger partial charge < -0.3 is 14.6 Å². The Bertz CT molecular complexity index is 1340. The van der Waals surface area contributed by atoms with E-state index in [4.69, 9.17) is 4.74 Å². The molecule has 1 aliphatic heterocycles. The number of methoxy groups -OCH3 is 1. The molecule has 1 aromatic heterocycles. The lowest BCUT2D eigenvalue weighted by Gasteiger charge is -2.27. The predicted octanol–water partition coefficient (Wildman–Crippen LogP) is 4.90. The van der Waals surface area contributed by atoms with Gasteiger partial charge in [-0.3, -0.25) is 14.5 Å². The summed E-state index contributed by atoms with van der Waals surface area (Å²) in [7, 11) is 3.56. The number of rotatable bonds is 4. The Morgan fingerprint density at radius 3 is 2.31 bits per heavy atom. The maximum atomic E-state index is 13.8. The van der Waals surface area contributed by atoms with E-state index in [9.17, 15) is 9.59 Å². The van der Waals surface area contributed by atoms with Crippen LogP contribution in [-0.4, -0.2) is 23.5 Å². The monoisotopic (exact) mass is 425 g/mol. The molecule has 0 fully saturated rings. The van der Waals surface area contributed by atoms with E-state index in [-0.39, 0.29) is 17.9 Å². The summed E-state index contributed by atoms with van der Waals surface area (Å²) in [4.78, 5) is 27.0. The summed E-state index contributed by atoms with van der Waals surface area (Å²) >= 11 is 0. The van der Waals surface area contributed by atoms with Crippen LogP contribution in [0.3, 0.4) is 0 Å². The average molecular weight is 425 g/mol. The van der Waals surface area contributed by atoms with Crippen LogP contribution in [-0.2, 0) is 11.8 Å². The largest absolute Gasteiger partial charge is 0.497 e. The molecule has 1 N–H and O–H groups in total. The first-order valence-electron chi connectivity index (χ1n) is 10.4. The van der Waals surface area contributed by atoms with Crippen molar-refractivity contribution in [1.82, 2.24) is 4.57 Å². The SMILES string of the molecule is COc1ccc(N2C(=O)c3c(c4ccccc4n3C)[C@@H]2c2ccc(NC(C)=O)cc2)cc1. The predicted molar refractivity (Wildman–Crippen MR) is 125 cm³/mol. The quantitative estimate of drug-likeness (QED) is 0.506. The topological polar surface area (TPSA) is 63.6 Å². The highest BCUT2D eigenvalue weighted by Gasteiger charge is 2.42. The number of nitrogens with one attached hydrogen (secondary N) is 1. The van der Waals surface area contributed by atoms with Crippen molar-refractivity contribution >= 4 is 34.1 Å². The Balaban J connectivity index is 1.70. The molecule has 1 atom stereocenters. The molecule has 0 unspecified atom stereocenters. The first-order chi connectivity index (χ1) is 15.5. The van der Waals surface area contributed by atoms with Gasteiger partial charge in [0.1, 0.15) is 11.4 Å². The molecule has 6 nitrogen and oxygen atoms in total. The van der Waals surface area contributed by atoms with Crippen molar-refractivity contribution in [2.45, 2.75) is 13.0 Å². The summed E-state index contributed by atoms with van der Waals surface area (Å²) in [6.45, 7) is 1.48. The number of anilines is 2. The first kappa shape index (κ1) is 19.9. The molecule has 160 valence electrons. The van der Waals surface area contributed by atoms with E-state index in [1.165, 1.54) is 6.92 Å². The highest BCUT2D eigenvalue weighted by atomic mass is 16.5. The fourth-order valence-corrected chi connectivity index (χ4v) is 4.60. The van der Waals surface area contributed by atoms with Crippen molar-refractivity contribution in [3.63, 3.8) is 0 Å². The molecule has 0 aliphatic carbocycles. The molecule has 0 spiro atoms. The Labute approximate surface area is 186 Å². The van der Waals surface area contributed by atoms with Crippen molar-refractivity contribution in [2.24, 2.45) is 7.05 Å². The van der Waals surface area contributed by atoms with E-state index in [1.807, 2.05) is 83.2 Å². The summed E-state index contributed by atoms with van der Waals surface area (Å²) < 4.78 is 7.28. The number of carbonyl (C=O) groups excluding carboxylic acids is 2. The molecular weight excluding hydrogens is 402 g/mol. The second kappa shape index (κ2) is 7.57. The van der Waals surface area contributed by atoms with Gasteiger partial charge in [-0.05, 0) is 48.0 Å². The third-order valence-electron chi connectivity index (χ3n) is 6.00. The molecule has 6 heteroatoms. The van der Waals surface area contributed by atoms with E-state index in [0.29, 0.717) is 5.69 Å². The van der Waals surface area contributed by atoms with Gasteiger partial charge in [0, 0.05) is 41.8 Å². The van der Waals surface area contributed by atoms with E-state index < -0.39 is 0 Å². The van der Waals surface area contributed by atoms with Gasteiger partial charge in [-0.1, -0.05) is 30.3 Å². The summed E-state index contributed by atoms with van der Waals surface area (Å²) in [5.41, 5.74) is 5.21. The summed E-state index contributed by atoms with van der Waals surface area (Å²) in [5.74, 6) is 0.573. The van der Waals surface area contributed by atoms with Crippen LogP contribution < -0.4 is 15.0 Å². The fourth-order valence-electron chi connectivity index (χ4n) is 4.60. The number of nitrogens with zero attached hydrogens (tertiary/aromatic N) is 2. The van der Waals surface area contributed by atoms with Crippen molar-refractivity contribution in [3.05, 3.63) is 89.6 Å². The number of aryl methyl sites for hydroxylation is 1. The van der Waals surface area contributed by atoms with Crippen LogP contribution in [0, 0.1) is 0 Å². The number of hydrogen-bond acceptors (Lipinski definition) is 3. The summed E-state index contributed by atoms with van der Waals surface area (Å²) in [6, 6.07) is 23.0. The van der Waals surface area contributed by atoms with Crippen molar-refractivity contribution < 1.29 is 14.3 Å². The standard InChI is InChI=1S/C26H23N3O3/c1-16(30)27-18-10-8-17(9-11-18)24-23-21-6-4-5-7-22(21)28(2)25(23)26(31)29(24)19-12-14-20(32-3)15-13-19/h4-15,24H,1-3H3,(H,27,30)/t24-/m0/s1. The van der Waals surface area contributed by atoms with Crippen LogP contribution in [0.1, 0.15) is 34.6 Å². The second-order valence-corrected chi connectivity index (χ2v) is 7.92. The number of fused-ring (bicyclic) bond motifs is 3. The van der Waals surface area contributed by atoms with E-state index in [2.05, 4.69) is 11.4 Å². The zero-order valence-corrected chi connectivity index (χ0v) is 18.1. The van der Waals surface area contributed by atoms with Crippen molar-refractivity contribution in [2.75, 3.05) is 17.3 Å². The maximum Gasteiger partial charge on any atom is 0.276 e. The van der Waals surface area contributed by atoms with Gasteiger partial charge in [-0.2, -0.15) is 0 Å². The number of hydrogen-bond donors (Lipinski definition) is 1. The average Bonchev–Trinajstić information content (AvgIpc) is 3.27. The number of amides is 2. The van der Waals surface area contributed by atoms with Crippen LogP contribution in [0.5, 0.6) is 5.75 Å². The van der Waals surface area contributed by atoms with Gasteiger partial charge in [0.25, 0.3) is 5.91 Å². The molecule has 0 bridgehead atoms. The second-order valence-electron chi connectivity index (χ2n) is 7.92. The molecule has 32 heavy (non-hydrogen) atoms. The number of ether oxygens (including phenoxy) is 1. The van der Waals surface area contributed by atoms with Crippen LogP contribution in [0.15, 0.2) is 72.8 Å². The van der Waals surface area contributed by atoms with E-state index in [1.54, 1.807) is 7.11 Å². The van der Waals surface area contributed by atoms with Gasteiger partial charge in [0.2, 0.25) is 5.91 Å². The molecule has 3 aromatic carbocycles. The van der Waals surface area contributed by atoms with E-state index >= 15 is 0 Å². The minimum absolute atomic E-state index is 0.0418. The van der Waals surface area contributed by atoms with Gasteiger partial charge >= 0.3 is 0 Å². The Kier molecular flexibility index (Phi) is 4.70. The van der Waals surface area contributed by atoms with Gasteiger partial charge in [0.05, 0.1) is 13.2 Å². The van der Waals surface area contributed by atoms with Gasteiger partial charge in [0.15, 0.2) is 0 Å². The zero-order chi connectivity index (χ0) is 22.4. The normalized spacial score (nSPS) is 15.2. The third kappa shape index (κ3) is 3.03. The molecule has 4 aromatic rings. The number of aromatic nitrogens is 1. The molecule has 5 rings (SSSR count). The first-order valence-corrected chi connectivity index (χ1v) is 10.4. The van der Waals surface area contributed by atoms with Crippen molar-refractivity contribution in [1.29, 1.82) is 0 Å². The summed E-state index contributed by atoms with van der Waals surface area (Å²) in [5, 5.41) is 3.86. The Hall–Kier alpha value is -4.06. The van der Waals surface area contributed by atoms with Crippen LogP contribution in [0.4, 0.5) is 11.4 Å². The molecule has 0 saturated carbocycles. The molecule has 0 radical (unpaired) electrons. The van der Waals surface area contributed by atoms with Crippen molar-refractivity contribution in [3.8, 4) is 5.75 Å². The third-order valence-corrected chi connectivity index (χ3v) is 6.00. The maximum absolute atomic E-state index is 13.8. The minimum atomic E-state index is -0.289. The smallest absolute Gasteiger partial charge is 0.276 e. The highest BCUT2D eigenvalue weighted by Crippen LogP contribution is 2.46. The molecule has 2 heterocycles. The minimum Gasteiger partial charge on any atom is -0.497 e. The number of benzene rings is 3. The Morgan fingerprint density at radius 2 is 1.66 bits per heavy atom. The van der Waals surface area contributed by atoms with Crippen LogP contribution in [0.2, 0.25) is 0 Å².